The monoisotopic (exact) mass is 256 g/mol. The molecule has 17 heavy (non-hydrogen) atoms. The third-order valence-electron chi connectivity index (χ3n) is 3.20. The minimum Gasteiger partial charge on any atom is -0.272 e. The number of carbonyl (C=O) groups is 1. The fraction of sp³-hybridized carbons (Fsp3) is 0.615. The molecule has 2 unspecified atom stereocenters. The summed E-state index contributed by atoms with van der Waals surface area (Å²) in [4.78, 5) is 11.8. The fourth-order valence-corrected chi connectivity index (χ4v) is 1.82. The van der Waals surface area contributed by atoms with Gasteiger partial charge in [0.05, 0.1) is 10.4 Å². The van der Waals surface area contributed by atoms with Crippen molar-refractivity contribution >= 4 is 17.5 Å². The number of rotatable bonds is 1. The first-order valence-corrected chi connectivity index (χ1v) is 6.13. The van der Waals surface area contributed by atoms with E-state index in [0.717, 1.165) is 0 Å². The highest BCUT2D eigenvalue weighted by Gasteiger charge is 2.36. The van der Waals surface area contributed by atoms with Gasteiger partial charge in [0.2, 0.25) is 0 Å². The van der Waals surface area contributed by atoms with Gasteiger partial charge in [-0.05, 0) is 27.7 Å². The molecule has 1 aliphatic rings. The Kier molecular flexibility index (Phi) is 3.75. The Bertz CT molecular complexity index is 377. The summed E-state index contributed by atoms with van der Waals surface area (Å²) in [6, 6.07) is 0. The first-order valence-electron chi connectivity index (χ1n) is 5.75. The molecule has 96 valence electrons. The van der Waals surface area contributed by atoms with Crippen molar-refractivity contribution in [3.63, 3.8) is 0 Å². The zero-order chi connectivity index (χ0) is 13.4. The molecule has 0 aromatic carbocycles. The lowest BCUT2D eigenvalue weighted by molar-refractivity contribution is -0.132. The van der Waals surface area contributed by atoms with Gasteiger partial charge in [-0.15, -0.1) is 11.6 Å². The summed E-state index contributed by atoms with van der Waals surface area (Å²) in [5.41, 5.74) is 0.254. The number of halogens is 1. The lowest BCUT2D eigenvalue weighted by Crippen LogP contribution is -2.52. The van der Waals surface area contributed by atoms with Gasteiger partial charge in [0, 0.05) is 11.5 Å². The molecule has 1 aliphatic carbocycles. The maximum absolute atomic E-state index is 12.3. The van der Waals surface area contributed by atoms with E-state index in [1.54, 1.807) is 6.08 Å². The summed E-state index contributed by atoms with van der Waals surface area (Å²) in [5, 5.41) is 1.27. The molecule has 2 atom stereocenters. The molecule has 2 N–H and O–H groups in total. The number of nitrogens with two attached hydrogens (primary N) is 1. The molecular formula is C13H21ClN2O. The summed E-state index contributed by atoms with van der Waals surface area (Å²) in [6.07, 6.45) is 5.51. The van der Waals surface area contributed by atoms with E-state index in [4.69, 9.17) is 17.4 Å². The van der Waals surface area contributed by atoms with Crippen molar-refractivity contribution in [3.05, 3.63) is 23.8 Å². The van der Waals surface area contributed by atoms with E-state index in [0.29, 0.717) is 5.57 Å². The van der Waals surface area contributed by atoms with Crippen LogP contribution in [0.1, 0.15) is 34.6 Å². The van der Waals surface area contributed by atoms with Gasteiger partial charge in [0.15, 0.2) is 0 Å². The molecule has 0 aliphatic heterocycles. The van der Waals surface area contributed by atoms with Gasteiger partial charge in [0.1, 0.15) is 0 Å². The SMILES string of the molecule is CC1C(C(=O)N(N)C(C)(C)C)=CC=CC1(C)Cl. The predicted molar refractivity (Wildman–Crippen MR) is 71.4 cm³/mol. The molecule has 0 aromatic heterocycles. The van der Waals surface area contributed by atoms with Gasteiger partial charge in [-0.3, -0.25) is 9.80 Å². The third kappa shape index (κ3) is 2.90. The third-order valence-corrected chi connectivity index (χ3v) is 3.65. The highest BCUT2D eigenvalue weighted by Crippen LogP contribution is 2.36. The summed E-state index contributed by atoms with van der Waals surface area (Å²) in [5.74, 6) is 5.63. The van der Waals surface area contributed by atoms with Crippen molar-refractivity contribution in [1.29, 1.82) is 0 Å². The number of hydrogen-bond donors (Lipinski definition) is 1. The number of hydrogen-bond acceptors (Lipinski definition) is 2. The first kappa shape index (κ1) is 14.3. The topological polar surface area (TPSA) is 46.3 Å². The van der Waals surface area contributed by atoms with Crippen LogP contribution in [0.3, 0.4) is 0 Å². The van der Waals surface area contributed by atoms with Crippen LogP contribution in [0.15, 0.2) is 23.8 Å². The molecule has 3 nitrogen and oxygen atoms in total. The predicted octanol–water partition coefficient (Wildman–Crippen LogP) is 2.62. The second kappa shape index (κ2) is 4.46. The van der Waals surface area contributed by atoms with E-state index in [2.05, 4.69) is 0 Å². The number of allylic oxidation sites excluding steroid dienone is 3. The lowest BCUT2D eigenvalue weighted by Gasteiger charge is -2.36. The van der Waals surface area contributed by atoms with Crippen LogP contribution in [-0.4, -0.2) is 21.3 Å². The Morgan fingerprint density at radius 1 is 1.53 bits per heavy atom. The highest BCUT2D eigenvalue weighted by atomic mass is 35.5. The minimum absolute atomic E-state index is 0.0601. The smallest absolute Gasteiger partial charge is 0.264 e. The zero-order valence-corrected chi connectivity index (χ0v) is 11.9. The second-order valence-corrected chi connectivity index (χ2v) is 6.51. The molecule has 0 saturated carbocycles. The van der Waals surface area contributed by atoms with Gasteiger partial charge in [-0.2, -0.15) is 0 Å². The number of carbonyl (C=O) groups excluding carboxylic acids is 1. The Hall–Kier alpha value is -0.800. The standard InChI is InChI=1S/C13H21ClN2O/c1-9-10(7-6-8-13(9,5)14)11(17)16(15)12(2,3)4/h6-9H,15H2,1-5H3. The molecular weight excluding hydrogens is 236 g/mol. The maximum Gasteiger partial charge on any atom is 0.264 e. The van der Waals surface area contributed by atoms with Crippen LogP contribution < -0.4 is 5.84 Å². The number of amides is 1. The van der Waals surface area contributed by atoms with E-state index in [1.807, 2.05) is 46.8 Å². The number of hydrazine groups is 1. The molecule has 1 rings (SSSR count). The minimum atomic E-state index is -0.529. The number of nitrogens with zero attached hydrogens (tertiary/aromatic N) is 1. The molecule has 0 fully saturated rings. The van der Waals surface area contributed by atoms with E-state index in [1.165, 1.54) is 5.01 Å². The van der Waals surface area contributed by atoms with Crippen molar-refractivity contribution in [2.45, 2.75) is 45.0 Å². The van der Waals surface area contributed by atoms with Crippen LogP contribution in [0.4, 0.5) is 0 Å². The Morgan fingerprint density at radius 2 is 2.06 bits per heavy atom. The van der Waals surface area contributed by atoms with Gasteiger partial charge in [-0.25, -0.2) is 5.84 Å². The summed E-state index contributed by atoms with van der Waals surface area (Å²) >= 11 is 6.34. The molecule has 4 heteroatoms. The normalized spacial score (nSPS) is 28.9. The molecule has 0 spiro atoms. The Balaban J connectivity index is 2.99. The molecule has 0 aromatic rings. The number of alkyl halides is 1. The van der Waals surface area contributed by atoms with Gasteiger partial charge < -0.3 is 0 Å². The van der Waals surface area contributed by atoms with Crippen LogP contribution in [-0.2, 0) is 4.79 Å². The van der Waals surface area contributed by atoms with Crippen LogP contribution in [0.2, 0.25) is 0 Å². The molecule has 0 heterocycles. The average Bonchev–Trinajstić information content (AvgIpc) is 2.18. The van der Waals surface area contributed by atoms with Crippen molar-refractivity contribution in [2.24, 2.45) is 11.8 Å². The highest BCUT2D eigenvalue weighted by molar-refractivity contribution is 6.26. The van der Waals surface area contributed by atoms with Crippen molar-refractivity contribution in [3.8, 4) is 0 Å². The van der Waals surface area contributed by atoms with E-state index >= 15 is 0 Å². The second-order valence-electron chi connectivity index (χ2n) is 5.70. The van der Waals surface area contributed by atoms with Crippen molar-refractivity contribution < 1.29 is 4.79 Å². The van der Waals surface area contributed by atoms with Crippen LogP contribution in [0, 0.1) is 5.92 Å². The van der Waals surface area contributed by atoms with Gasteiger partial charge in [-0.1, -0.05) is 25.2 Å². The average molecular weight is 257 g/mol. The lowest BCUT2D eigenvalue weighted by atomic mass is 9.83. The summed E-state index contributed by atoms with van der Waals surface area (Å²) in [7, 11) is 0. The maximum atomic E-state index is 12.3. The zero-order valence-electron chi connectivity index (χ0n) is 11.1. The summed E-state index contributed by atoms with van der Waals surface area (Å²) in [6.45, 7) is 9.53. The van der Waals surface area contributed by atoms with Crippen LogP contribution in [0.5, 0.6) is 0 Å². The van der Waals surface area contributed by atoms with Gasteiger partial charge >= 0.3 is 0 Å². The summed E-state index contributed by atoms with van der Waals surface area (Å²) < 4.78 is 0. The van der Waals surface area contributed by atoms with E-state index < -0.39 is 10.4 Å². The van der Waals surface area contributed by atoms with Crippen molar-refractivity contribution in [2.75, 3.05) is 0 Å². The molecule has 0 saturated heterocycles. The first-order chi connectivity index (χ1) is 7.57. The van der Waals surface area contributed by atoms with Crippen LogP contribution in [0.25, 0.3) is 0 Å². The molecule has 1 amide bonds. The Labute approximate surface area is 108 Å². The van der Waals surface area contributed by atoms with Gasteiger partial charge in [0.25, 0.3) is 5.91 Å². The van der Waals surface area contributed by atoms with Crippen LogP contribution >= 0.6 is 11.6 Å². The molecule has 0 bridgehead atoms. The Morgan fingerprint density at radius 3 is 2.53 bits per heavy atom. The van der Waals surface area contributed by atoms with Crippen molar-refractivity contribution in [1.82, 2.24) is 5.01 Å². The fourth-order valence-electron chi connectivity index (χ4n) is 1.63. The quantitative estimate of drug-likeness (QED) is 0.339. The van der Waals surface area contributed by atoms with E-state index in [-0.39, 0.29) is 11.8 Å². The largest absolute Gasteiger partial charge is 0.272 e. The molecule has 0 radical (unpaired) electrons. The van der Waals surface area contributed by atoms with E-state index in [9.17, 15) is 4.79 Å².